The van der Waals surface area contributed by atoms with Gasteiger partial charge in [0.1, 0.15) is 0 Å². The van der Waals surface area contributed by atoms with E-state index in [0.717, 1.165) is 0 Å². The van der Waals surface area contributed by atoms with Gasteiger partial charge in [-0.25, -0.2) is 4.98 Å². The minimum atomic E-state index is -0.764. The van der Waals surface area contributed by atoms with Crippen LogP contribution in [0.1, 0.15) is 6.42 Å². The molecule has 0 saturated heterocycles. The topological polar surface area (TPSA) is 64.1 Å². The third kappa shape index (κ3) is 3.88. The van der Waals surface area contributed by atoms with Crippen molar-refractivity contribution in [2.24, 2.45) is 0 Å². The zero-order valence-corrected chi connectivity index (χ0v) is 9.54. The van der Waals surface area contributed by atoms with E-state index in [4.69, 9.17) is 4.74 Å². The number of aromatic nitrogens is 2. The summed E-state index contributed by atoms with van der Waals surface area (Å²) >= 11 is 2.86. The van der Waals surface area contributed by atoms with Crippen molar-refractivity contribution in [2.75, 3.05) is 19.0 Å². The molecule has 0 spiro atoms. The molecular weight excluding hydrogens is 269 g/mol. The van der Waals surface area contributed by atoms with Crippen LogP contribution in [0.3, 0.4) is 0 Å². The van der Waals surface area contributed by atoms with Crippen molar-refractivity contribution >= 4 is 27.7 Å². The van der Waals surface area contributed by atoms with Gasteiger partial charge in [0.25, 0.3) is 0 Å². The highest BCUT2D eigenvalue weighted by atomic mass is 79.9. The first-order valence-corrected chi connectivity index (χ1v) is 4.89. The molecule has 0 radical (unpaired) electrons. The van der Waals surface area contributed by atoms with Crippen molar-refractivity contribution in [2.45, 2.75) is 6.42 Å². The third-order valence-corrected chi connectivity index (χ3v) is 2.02. The van der Waals surface area contributed by atoms with Crippen LogP contribution in [0.2, 0.25) is 0 Å². The van der Waals surface area contributed by atoms with Crippen LogP contribution in [0.4, 0.5) is 10.2 Å². The molecule has 7 heteroatoms. The Hall–Kier alpha value is -1.08. The molecule has 1 N–H and O–H groups in total. The van der Waals surface area contributed by atoms with E-state index in [9.17, 15) is 9.18 Å². The van der Waals surface area contributed by atoms with Gasteiger partial charge in [-0.15, -0.1) is 0 Å². The molecule has 1 rings (SSSR count). The Labute approximate surface area is 94.2 Å². The number of ether oxygens (including phenoxy) is 1. The van der Waals surface area contributed by atoms with Gasteiger partial charge in [0.15, 0.2) is 10.4 Å². The fourth-order valence-corrected chi connectivity index (χ4v) is 1.00. The molecule has 0 aliphatic rings. The SMILES string of the molecule is COCCC(=O)Nc1cnc(Br)c(F)n1. The zero-order chi connectivity index (χ0) is 11.3. The molecule has 82 valence electrons. The summed E-state index contributed by atoms with van der Waals surface area (Å²) < 4.78 is 17.6. The highest BCUT2D eigenvalue weighted by molar-refractivity contribution is 9.10. The smallest absolute Gasteiger partial charge is 0.247 e. The van der Waals surface area contributed by atoms with Gasteiger partial charge in [-0.3, -0.25) is 4.79 Å². The summed E-state index contributed by atoms with van der Waals surface area (Å²) in [4.78, 5) is 18.3. The lowest BCUT2D eigenvalue weighted by Gasteiger charge is -2.03. The van der Waals surface area contributed by atoms with E-state index in [1.807, 2.05) is 0 Å². The first-order chi connectivity index (χ1) is 7.13. The summed E-state index contributed by atoms with van der Waals surface area (Å²) in [6, 6.07) is 0. The minimum Gasteiger partial charge on any atom is -0.384 e. The number of carbonyl (C=O) groups is 1. The molecule has 1 amide bonds. The Kier molecular flexibility index (Phi) is 4.57. The van der Waals surface area contributed by atoms with E-state index < -0.39 is 5.95 Å². The fraction of sp³-hybridized carbons (Fsp3) is 0.375. The van der Waals surface area contributed by atoms with Crippen LogP contribution in [0.25, 0.3) is 0 Å². The summed E-state index contributed by atoms with van der Waals surface area (Å²) in [7, 11) is 1.49. The van der Waals surface area contributed by atoms with Crippen molar-refractivity contribution in [1.82, 2.24) is 9.97 Å². The fourth-order valence-electron chi connectivity index (χ4n) is 0.812. The molecule has 0 aliphatic carbocycles. The number of methoxy groups -OCH3 is 1. The van der Waals surface area contributed by atoms with Crippen molar-refractivity contribution in [1.29, 1.82) is 0 Å². The Bertz CT molecular complexity index is 362. The van der Waals surface area contributed by atoms with Crippen molar-refractivity contribution in [3.8, 4) is 0 Å². The number of hydrogen-bond acceptors (Lipinski definition) is 4. The molecule has 1 aromatic heterocycles. The molecule has 1 heterocycles. The van der Waals surface area contributed by atoms with Crippen LogP contribution >= 0.6 is 15.9 Å². The molecule has 0 aromatic carbocycles. The molecule has 0 fully saturated rings. The van der Waals surface area contributed by atoms with Gasteiger partial charge in [-0.1, -0.05) is 0 Å². The van der Waals surface area contributed by atoms with Crippen LogP contribution in [0.15, 0.2) is 10.8 Å². The molecule has 0 bridgehead atoms. The standard InChI is InChI=1S/C8H9BrFN3O2/c1-15-3-2-6(14)12-5-4-11-7(9)8(10)13-5/h4H,2-3H2,1H3,(H,12,13,14). The predicted molar refractivity (Wildman–Crippen MR) is 54.8 cm³/mol. The van der Waals surface area contributed by atoms with E-state index in [2.05, 4.69) is 31.2 Å². The van der Waals surface area contributed by atoms with E-state index in [1.165, 1.54) is 13.3 Å². The van der Waals surface area contributed by atoms with Gasteiger partial charge in [0, 0.05) is 7.11 Å². The normalized spacial score (nSPS) is 10.1. The van der Waals surface area contributed by atoms with Gasteiger partial charge in [0.05, 0.1) is 19.2 Å². The maximum Gasteiger partial charge on any atom is 0.247 e. The van der Waals surface area contributed by atoms with Gasteiger partial charge in [0.2, 0.25) is 11.9 Å². The average molecular weight is 278 g/mol. The number of anilines is 1. The number of halogens is 2. The first kappa shape index (κ1) is 12.0. The summed E-state index contributed by atoms with van der Waals surface area (Å²) in [5.74, 6) is -0.982. The highest BCUT2D eigenvalue weighted by Crippen LogP contribution is 2.11. The van der Waals surface area contributed by atoms with E-state index in [0.29, 0.717) is 6.61 Å². The maximum atomic E-state index is 12.9. The van der Waals surface area contributed by atoms with Crippen molar-refractivity contribution < 1.29 is 13.9 Å². The lowest BCUT2D eigenvalue weighted by Crippen LogP contribution is -2.15. The lowest BCUT2D eigenvalue weighted by atomic mass is 10.4. The average Bonchev–Trinajstić information content (AvgIpc) is 2.20. The first-order valence-electron chi connectivity index (χ1n) is 4.10. The Morgan fingerprint density at radius 3 is 3.07 bits per heavy atom. The molecule has 1 aromatic rings. The monoisotopic (exact) mass is 277 g/mol. The summed E-state index contributed by atoms with van der Waals surface area (Å²) in [6.07, 6.45) is 1.45. The van der Waals surface area contributed by atoms with E-state index in [-0.39, 0.29) is 22.7 Å². The summed E-state index contributed by atoms with van der Waals surface area (Å²) in [5, 5.41) is 2.39. The predicted octanol–water partition coefficient (Wildman–Crippen LogP) is 1.35. The molecule has 0 aliphatic heterocycles. The second-order valence-corrected chi connectivity index (χ2v) is 3.38. The van der Waals surface area contributed by atoms with Crippen LogP contribution in [-0.2, 0) is 9.53 Å². The Morgan fingerprint density at radius 2 is 2.47 bits per heavy atom. The second kappa shape index (κ2) is 5.72. The largest absolute Gasteiger partial charge is 0.384 e. The number of nitrogens with zero attached hydrogens (tertiary/aromatic N) is 2. The van der Waals surface area contributed by atoms with Gasteiger partial charge < -0.3 is 10.1 Å². The van der Waals surface area contributed by atoms with Crippen molar-refractivity contribution in [3.63, 3.8) is 0 Å². The Morgan fingerprint density at radius 1 is 1.73 bits per heavy atom. The van der Waals surface area contributed by atoms with E-state index in [1.54, 1.807) is 0 Å². The maximum absolute atomic E-state index is 12.9. The molecule has 0 atom stereocenters. The van der Waals surface area contributed by atoms with Crippen LogP contribution in [0.5, 0.6) is 0 Å². The zero-order valence-electron chi connectivity index (χ0n) is 7.96. The molecule has 0 saturated carbocycles. The Balaban J connectivity index is 2.57. The minimum absolute atomic E-state index is 0.0115. The number of hydrogen-bond donors (Lipinski definition) is 1. The number of amides is 1. The molecular formula is C8H9BrFN3O2. The number of nitrogens with one attached hydrogen (secondary N) is 1. The van der Waals surface area contributed by atoms with Crippen molar-refractivity contribution in [3.05, 3.63) is 16.7 Å². The lowest BCUT2D eigenvalue weighted by molar-refractivity contribution is -0.117. The number of rotatable bonds is 4. The third-order valence-electron chi connectivity index (χ3n) is 1.49. The quantitative estimate of drug-likeness (QED) is 0.903. The van der Waals surface area contributed by atoms with Gasteiger partial charge in [-0.05, 0) is 15.9 Å². The van der Waals surface area contributed by atoms with Gasteiger partial charge in [-0.2, -0.15) is 9.37 Å². The van der Waals surface area contributed by atoms with Gasteiger partial charge >= 0.3 is 0 Å². The number of carbonyl (C=O) groups excluding carboxylic acids is 1. The summed E-state index contributed by atoms with van der Waals surface area (Å²) in [5.41, 5.74) is 0. The second-order valence-electron chi connectivity index (χ2n) is 2.63. The molecule has 0 unspecified atom stereocenters. The molecule has 15 heavy (non-hydrogen) atoms. The summed E-state index contributed by atoms with van der Waals surface area (Å²) in [6.45, 7) is 0.304. The highest BCUT2D eigenvalue weighted by Gasteiger charge is 2.06. The van der Waals surface area contributed by atoms with Crippen LogP contribution in [0, 0.1) is 5.95 Å². The molecule has 5 nitrogen and oxygen atoms in total. The van der Waals surface area contributed by atoms with Crippen LogP contribution in [-0.4, -0.2) is 29.6 Å². The van der Waals surface area contributed by atoms with Crippen LogP contribution < -0.4 is 5.32 Å². The van der Waals surface area contributed by atoms with E-state index >= 15 is 0 Å².